The number of hydrogen-bond acceptors (Lipinski definition) is 5. The molecule has 2 amide bonds. The van der Waals surface area contributed by atoms with Gasteiger partial charge < -0.3 is 14.8 Å². The van der Waals surface area contributed by atoms with Crippen LogP contribution in [0, 0.1) is 0 Å². The van der Waals surface area contributed by atoms with Gasteiger partial charge in [-0.05, 0) is 31.5 Å². The van der Waals surface area contributed by atoms with Gasteiger partial charge in [0.05, 0.1) is 25.0 Å². The lowest BCUT2D eigenvalue weighted by atomic mass is 10.2. The van der Waals surface area contributed by atoms with E-state index in [9.17, 15) is 4.79 Å². The van der Waals surface area contributed by atoms with Crippen LogP contribution in [0.25, 0.3) is 0 Å². The van der Waals surface area contributed by atoms with E-state index < -0.39 is 0 Å². The van der Waals surface area contributed by atoms with Crippen molar-refractivity contribution in [2.24, 2.45) is 0 Å². The number of urea groups is 1. The molecule has 0 spiro atoms. The summed E-state index contributed by atoms with van der Waals surface area (Å²) in [6.07, 6.45) is 1.82. The van der Waals surface area contributed by atoms with Crippen LogP contribution in [-0.4, -0.2) is 22.1 Å². The Balaban J connectivity index is 1.50. The standard InChI is InChI=1S/C17H20N4O3/c1-11(2)24-14-5-3-12(4-6-14)7-19-17(22)21-16-18-8-13-9-23-10-15(13)20-16/h3-6,8,11H,7,9-10H2,1-2H3,(H2,18,19,20,21,22). The van der Waals surface area contributed by atoms with Gasteiger partial charge in [-0.3, -0.25) is 5.32 Å². The van der Waals surface area contributed by atoms with Crippen molar-refractivity contribution in [2.45, 2.75) is 39.7 Å². The number of benzene rings is 1. The second-order valence-corrected chi connectivity index (χ2v) is 5.78. The highest BCUT2D eigenvalue weighted by Gasteiger charge is 2.14. The van der Waals surface area contributed by atoms with Crippen molar-refractivity contribution >= 4 is 12.0 Å². The van der Waals surface area contributed by atoms with Gasteiger partial charge in [-0.15, -0.1) is 0 Å². The Kier molecular flexibility index (Phi) is 4.90. The summed E-state index contributed by atoms with van der Waals surface area (Å²) in [6.45, 7) is 5.35. The lowest BCUT2D eigenvalue weighted by molar-refractivity contribution is 0.133. The van der Waals surface area contributed by atoms with E-state index in [0.717, 1.165) is 22.6 Å². The summed E-state index contributed by atoms with van der Waals surface area (Å²) in [6, 6.07) is 7.26. The average Bonchev–Trinajstić information content (AvgIpc) is 3.01. The van der Waals surface area contributed by atoms with E-state index in [0.29, 0.717) is 19.8 Å². The van der Waals surface area contributed by atoms with Gasteiger partial charge in [0.25, 0.3) is 0 Å². The number of carbonyl (C=O) groups is 1. The molecule has 1 aliphatic rings. The maximum atomic E-state index is 11.9. The molecule has 2 N–H and O–H groups in total. The molecule has 0 bridgehead atoms. The third-order valence-electron chi connectivity index (χ3n) is 3.42. The summed E-state index contributed by atoms with van der Waals surface area (Å²) in [5, 5.41) is 5.40. The van der Waals surface area contributed by atoms with E-state index in [4.69, 9.17) is 9.47 Å². The zero-order valence-electron chi connectivity index (χ0n) is 13.7. The van der Waals surface area contributed by atoms with E-state index in [2.05, 4.69) is 20.6 Å². The van der Waals surface area contributed by atoms with Crippen LogP contribution in [0.5, 0.6) is 5.75 Å². The zero-order chi connectivity index (χ0) is 16.9. The Morgan fingerprint density at radius 3 is 2.83 bits per heavy atom. The first-order valence-electron chi connectivity index (χ1n) is 7.83. The number of fused-ring (bicyclic) bond motifs is 1. The molecule has 126 valence electrons. The summed E-state index contributed by atoms with van der Waals surface area (Å²) in [7, 11) is 0. The molecule has 0 radical (unpaired) electrons. The number of aromatic nitrogens is 2. The Morgan fingerprint density at radius 2 is 2.08 bits per heavy atom. The second kappa shape index (κ2) is 7.27. The largest absolute Gasteiger partial charge is 0.491 e. The van der Waals surface area contributed by atoms with Crippen molar-refractivity contribution in [3.63, 3.8) is 0 Å². The van der Waals surface area contributed by atoms with Crippen LogP contribution in [0.1, 0.15) is 30.7 Å². The number of nitrogens with zero attached hydrogens (tertiary/aromatic N) is 2. The molecule has 2 aromatic rings. The minimum Gasteiger partial charge on any atom is -0.491 e. The minimum atomic E-state index is -0.351. The highest BCUT2D eigenvalue weighted by Crippen LogP contribution is 2.17. The van der Waals surface area contributed by atoms with Crippen molar-refractivity contribution < 1.29 is 14.3 Å². The second-order valence-electron chi connectivity index (χ2n) is 5.78. The number of anilines is 1. The first-order valence-corrected chi connectivity index (χ1v) is 7.83. The van der Waals surface area contributed by atoms with Gasteiger partial charge >= 0.3 is 6.03 Å². The van der Waals surface area contributed by atoms with Crippen LogP contribution in [-0.2, 0) is 24.5 Å². The Hall–Kier alpha value is -2.67. The monoisotopic (exact) mass is 328 g/mol. The van der Waals surface area contributed by atoms with E-state index in [1.807, 2.05) is 38.1 Å². The first kappa shape index (κ1) is 16.2. The van der Waals surface area contributed by atoms with E-state index in [1.165, 1.54) is 0 Å². The van der Waals surface area contributed by atoms with Crippen LogP contribution >= 0.6 is 0 Å². The highest BCUT2D eigenvalue weighted by molar-refractivity contribution is 5.87. The summed E-state index contributed by atoms with van der Waals surface area (Å²) >= 11 is 0. The van der Waals surface area contributed by atoms with E-state index in [-0.39, 0.29) is 18.1 Å². The smallest absolute Gasteiger partial charge is 0.321 e. The van der Waals surface area contributed by atoms with Crippen LogP contribution in [0.15, 0.2) is 30.5 Å². The fourth-order valence-corrected chi connectivity index (χ4v) is 2.29. The lowest BCUT2D eigenvalue weighted by Gasteiger charge is -2.10. The molecular weight excluding hydrogens is 308 g/mol. The number of hydrogen-bond donors (Lipinski definition) is 2. The molecule has 3 rings (SSSR count). The highest BCUT2D eigenvalue weighted by atomic mass is 16.5. The van der Waals surface area contributed by atoms with Crippen LogP contribution in [0.4, 0.5) is 10.7 Å². The molecule has 0 saturated heterocycles. The normalized spacial score (nSPS) is 12.8. The van der Waals surface area contributed by atoms with Gasteiger partial charge in [0.1, 0.15) is 5.75 Å². The van der Waals surface area contributed by atoms with Crippen LogP contribution in [0.3, 0.4) is 0 Å². The fourth-order valence-electron chi connectivity index (χ4n) is 2.29. The maximum absolute atomic E-state index is 11.9. The van der Waals surface area contributed by atoms with Gasteiger partial charge in [-0.1, -0.05) is 12.1 Å². The molecule has 0 unspecified atom stereocenters. The van der Waals surface area contributed by atoms with E-state index in [1.54, 1.807) is 6.20 Å². The molecule has 7 nitrogen and oxygen atoms in total. The van der Waals surface area contributed by atoms with Crippen LogP contribution < -0.4 is 15.4 Å². The Morgan fingerprint density at radius 1 is 1.29 bits per heavy atom. The molecule has 1 aliphatic heterocycles. The number of rotatable bonds is 5. The third-order valence-corrected chi connectivity index (χ3v) is 3.42. The first-order chi connectivity index (χ1) is 11.6. The SMILES string of the molecule is CC(C)Oc1ccc(CNC(=O)Nc2ncc3c(n2)COC3)cc1. The predicted octanol–water partition coefficient (Wildman–Crippen LogP) is 2.62. The van der Waals surface area contributed by atoms with Gasteiger partial charge in [0, 0.05) is 18.3 Å². The molecule has 24 heavy (non-hydrogen) atoms. The quantitative estimate of drug-likeness (QED) is 0.881. The van der Waals surface area contributed by atoms with Crippen molar-refractivity contribution in [1.29, 1.82) is 0 Å². The summed E-state index contributed by atoms with van der Waals surface area (Å²) in [4.78, 5) is 20.3. The van der Waals surface area contributed by atoms with E-state index >= 15 is 0 Å². The molecular formula is C17H20N4O3. The third kappa shape index (κ3) is 4.20. The topological polar surface area (TPSA) is 85.4 Å². The average molecular weight is 328 g/mol. The Labute approximate surface area is 140 Å². The molecule has 7 heteroatoms. The minimum absolute atomic E-state index is 0.137. The molecule has 0 saturated carbocycles. The van der Waals surface area contributed by atoms with Gasteiger partial charge in [0.2, 0.25) is 5.95 Å². The number of nitrogens with one attached hydrogen (secondary N) is 2. The molecule has 0 atom stereocenters. The van der Waals surface area contributed by atoms with Gasteiger partial charge in [-0.2, -0.15) is 0 Å². The maximum Gasteiger partial charge on any atom is 0.321 e. The molecule has 2 heterocycles. The summed E-state index contributed by atoms with van der Waals surface area (Å²) in [5.41, 5.74) is 2.76. The zero-order valence-corrected chi connectivity index (χ0v) is 13.7. The molecule has 1 aromatic heterocycles. The van der Waals surface area contributed by atoms with Crippen molar-refractivity contribution in [2.75, 3.05) is 5.32 Å². The van der Waals surface area contributed by atoms with Crippen molar-refractivity contribution in [3.05, 3.63) is 47.3 Å². The van der Waals surface area contributed by atoms with Gasteiger partial charge in [-0.25, -0.2) is 14.8 Å². The molecule has 0 aliphatic carbocycles. The number of carbonyl (C=O) groups excluding carboxylic acids is 1. The van der Waals surface area contributed by atoms with Gasteiger partial charge in [0.15, 0.2) is 0 Å². The number of ether oxygens (including phenoxy) is 2. The fraction of sp³-hybridized carbons (Fsp3) is 0.353. The summed E-state index contributed by atoms with van der Waals surface area (Å²) < 4.78 is 10.9. The lowest BCUT2D eigenvalue weighted by Crippen LogP contribution is -2.29. The number of amides is 2. The Bertz CT molecular complexity index is 716. The summed E-state index contributed by atoms with van der Waals surface area (Å²) in [5.74, 6) is 1.09. The predicted molar refractivity (Wildman–Crippen MR) is 88.6 cm³/mol. The van der Waals surface area contributed by atoms with Crippen molar-refractivity contribution in [3.8, 4) is 5.75 Å². The van der Waals surface area contributed by atoms with Crippen molar-refractivity contribution in [1.82, 2.24) is 15.3 Å². The molecule has 1 aromatic carbocycles. The van der Waals surface area contributed by atoms with Crippen LogP contribution in [0.2, 0.25) is 0 Å². The molecule has 0 fully saturated rings.